The van der Waals surface area contributed by atoms with Gasteiger partial charge in [-0.15, -0.1) is 0 Å². The van der Waals surface area contributed by atoms with Crippen molar-refractivity contribution in [3.05, 3.63) is 23.8 Å². The number of carbonyl (C=O) groups is 1. The summed E-state index contributed by atoms with van der Waals surface area (Å²) in [5.74, 6) is 1.99. The summed E-state index contributed by atoms with van der Waals surface area (Å²) in [5.41, 5.74) is 0.776. The monoisotopic (exact) mass is 346 g/mol. The van der Waals surface area contributed by atoms with Gasteiger partial charge in [0.15, 0.2) is 0 Å². The number of ether oxygens (including phenoxy) is 2. The first-order valence-electron chi connectivity index (χ1n) is 9.25. The summed E-state index contributed by atoms with van der Waals surface area (Å²) < 4.78 is 10.7. The van der Waals surface area contributed by atoms with Crippen LogP contribution in [0.2, 0.25) is 0 Å². The quantitative estimate of drug-likeness (QED) is 0.822. The second-order valence-electron chi connectivity index (χ2n) is 7.71. The van der Waals surface area contributed by atoms with Crippen LogP contribution >= 0.6 is 0 Å². The Morgan fingerprint density at radius 3 is 2.60 bits per heavy atom. The Labute approximate surface area is 150 Å². The number of amides is 1. The molecule has 0 radical (unpaired) electrons. The molecule has 0 saturated carbocycles. The molecule has 5 heteroatoms. The topological polar surface area (TPSA) is 42.0 Å². The van der Waals surface area contributed by atoms with Gasteiger partial charge >= 0.3 is 0 Å². The minimum Gasteiger partial charge on any atom is -0.497 e. The van der Waals surface area contributed by atoms with Gasteiger partial charge in [-0.2, -0.15) is 0 Å². The molecule has 2 aliphatic heterocycles. The van der Waals surface area contributed by atoms with Crippen LogP contribution in [0.15, 0.2) is 18.2 Å². The van der Waals surface area contributed by atoms with Gasteiger partial charge in [0.1, 0.15) is 11.5 Å². The molecule has 2 fully saturated rings. The van der Waals surface area contributed by atoms with Crippen LogP contribution in [0.1, 0.15) is 43.5 Å². The third kappa shape index (κ3) is 3.47. The van der Waals surface area contributed by atoms with E-state index in [1.54, 1.807) is 26.4 Å². The lowest BCUT2D eigenvalue weighted by Gasteiger charge is -2.57. The Hall–Kier alpha value is -1.75. The van der Waals surface area contributed by atoms with E-state index < -0.39 is 0 Å². The zero-order valence-electron chi connectivity index (χ0n) is 15.9. The van der Waals surface area contributed by atoms with E-state index in [1.807, 2.05) is 11.0 Å². The normalized spacial score (nSPS) is 23.6. The van der Waals surface area contributed by atoms with Crippen LogP contribution in [-0.4, -0.2) is 61.6 Å². The van der Waals surface area contributed by atoms with Gasteiger partial charge < -0.3 is 14.4 Å². The Balaban J connectivity index is 1.79. The summed E-state index contributed by atoms with van der Waals surface area (Å²) >= 11 is 0. The molecule has 1 unspecified atom stereocenters. The lowest BCUT2D eigenvalue weighted by Crippen LogP contribution is -2.67. The number of rotatable bonds is 5. The fraction of sp³-hybridized carbons (Fsp3) is 0.650. The van der Waals surface area contributed by atoms with Gasteiger partial charge in [0.25, 0.3) is 5.91 Å². The second-order valence-corrected chi connectivity index (χ2v) is 7.71. The summed E-state index contributed by atoms with van der Waals surface area (Å²) in [6.45, 7) is 8.43. The first kappa shape index (κ1) is 18.1. The van der Waals surface area contributed by atoms with Gasteiger partial charge in [0.05, 0.1) is 19.8 Å². The summed E-state index contributed by atoms with van der Waals surface area (Å²) in [5, 5.41) is 0. The average molecular weight is 346 g/mol. The summed E-state index contributed by atoms with van der Waals surface area (Å²) in [7, 11) is 3.22. The van der Waals surface area contributed by atoms with E-state index in [2.05, 4.69) is 18.7 Å². The SMILES string of the molecule is COc1ccc(OC)c(C(=O)N2CCCC3(CCN3CC(C)C)C2)c1. The molecule has 1 aromatic carbocycles. The largest absolute Gasteiger partial charge is 0.497 e. The molecule has 2 saturated heterocycles. The van der Waals surface area contributed by atoms with E-state index in [1.165, 1.54) is 12.8 Å². The highest BCUT2D eigenvalue weighted by Crippen LogP contribution is 2.39. The van der Waals surface area contributed by atoms with Crippen molar-refractivity contribution >= 4 is 5.91 Å². The van der Waals surface area contributed by atoms with E-state index >= 15 is 0 Å². The Bertz CT molecular complexity index is 631. The van der Waals surface area contributed by atoms with Crippen LogP contribution in [0, 0.1) is 5.92 Å². The highest BCUT2D eigenvalue weighted by molar-refractivity contribution is 5.97. The summed E-state index contributed by atoms with van der Waals surface area (Å²) in [4.78, 5) is 17.8. The molecular weight excluding hydrogens is 316 g/mol. The van der Waals surface area contributed by atoms with Crippen LogP contribution < -0.4 is 9.47 Å². The Morgan fingerprint density at radius 1 is 1.20 bits per heavy atom. The van der Waals surface area contributed by atoms with Crippen LogP contribution in [0.5, 0.6) is 11.5 Å². The molecule has 0 N–H and O–H groups in total. The predicted octanol–water partition coefficient (Wildman–Crippen LogP) is 3.04. The predicted molar refractivity (Wildman–Crippen MR) is 98.4 cm³/mol. The van der Waals surface area contributed by atoms with Crippen molar-refractivity contribution in [1.82, 2.24) is 9.80 Å². The zero-order valence-corrected chi connectivity index (χ0v) is 15.9. The number of hydrogen-bond acceptors (Lipinski definition) is 4. The van der Waals surface area contributed by atoms with Crippen LogP contribution in [-0.2, 0) is 0 Å². The molecule has 2 aliphatic rings. The van der Waals surface area contributed by atoms with Crippen molar-refractivity contribution in [1.29, 1.82) is 0 Å². The van der Waals surface area contributed by atoms with Gasteiger partial charge in [-0.25, -0.2) is 0 Å². The third-order valence-electron chi connectivity index (χ3n) is 5.58. The molecular formula is C20H30N2O3. The molecule has 0 bridgehead atoms. The molecule has 2 heterocycles. The van der Waals surface area contributed by atoms with Crippen LogP contribution in [0.3, 0.4) is 0 Å². The molecule has 0 aromatic heterocycles. The number of carbonyl (C=O) groups excluding carboxylic acids is 1. The summed E-state index contributed by atoms with van der Waals surface area (Å²) in [6.07, 6.45) is 3.45. The van der Waals surface area contributed by atoms with Crippen LogP contribution in [0.25, 0.3) is 0 Å². The van der Waals surface area contributed by atoms with Crippen molar-refractivity contribution in [2.24, 2.45) is 5.92 Å². The van der Waals surface area contributed by atoms with Crippen molar-refractivity contribution in [2.75, 3.05) is 40.4 Å². The molecule has 1 amide bonds. The highest BCUT2D eigenvalue weighted by atomic mass is 16.5. The standard InChI is InChI=1S/C20H30N2O3/c1-15(2)13-22-11-9-20(22)8-5-10-21(14-20)19(23)17-12-16(24-3)6-7-18(17)25-4/h6-7,12,15H,5,8-11,13-14H2,1-4H3. The second kappa shape index (κ2) is 7.24. The van der Waals surface area contributed by atoms with Crippen molar-refractivity contribution in [3.8, 4) is 11.5 Å². The minimum absolute atomic E-state index is 0.0474. The van der Waals surface area contributed by atoms with Gasteiger partial charge in [-0.3, -0.25) is 9.69 Å². The lowest BCUT2D eigenvalue weighted by molar-refractivity contribution is -0.0648. The van der Waals surface area contributed by atoms with E-state index in [0.717, 1.165) is 32.6 Å². The molecule has 3 rings (SSSR count). The minimum atomic E-state index is 0.0474. The molecule has 5 nitrogen and oxygen atoms in total. The van der Waals surface area contributed by atoms with Gasteiger partial charge in [0.2, 0.25) is 0 Å². The number of hydrogen-bond donors (Lipinski definition) is 0. The van der Waals surface area contributed by atoms with Gasteiger partial charge in [-0.1, -0.05) is 13.8 Å². The van der Waals surface area contributed by atoms with E-state index in [-0.39, 0.29) is 11.4 Å². The first-order chi connectivity index (χ1) is 12.0. The van der Waals surface area contributed by atoms with E-state index in [4.69, 9.17) is 9.47 Å². The van der Waals surface area contributed by atoms with Gasteiger partial charge in [0, 0.05) is 31.7 Å². The lowest BCUT2D eigenvalue weighted by atomic mass is 9.77. The van der Waals surface area contributed by atoms with Crippen molar-refractivity contribution in [2.45, 2.75) is 38.6 Å². The zero-order chi connectivity index (χ0) is 18.0. The summed E-state index contributed by atoms with van der Waals surface area (Å²) in [6, 6.07) is 5.42. The molecule has 1 spiro atoms. The highest BCUT2D eigenvalue weighted by Gasteiger charge is 2.48. The molecule has 1 atom stereocenters. The number of nitrogens with zero attached hydrogens (tertiary/aromatic N) is 2. The number of benzene rings is 1. The maximum absolute atomic E-state index is 13.2. The molecule has 0 aliphatic carbocycles. The molecule has 138 valence electrons. The van der Waals surface area contributed by atoms with Crippen LogP contribution in [0.4, 0.5) is 0 Å². The maximum Gasteiger partial charge on any atom is 0.257 e. The number of methoxy groups -OCH3 is 2. The van der Waals surface area contributed by atoms with E-state index in [9.17, 15) is 4.79 Å². The van der Waals surface area contributed by atoms with Crippen molar-refractivity contribution < 1.29 is 14.3 Å². The smallest absolute Gasteiger partial charge is 0.257 e. The fourth-order valence-corrected chi connectivity index (χ4v) is 4.21. The van der Waals surface area contributed by atoms with Crippen molar-refractivity contribution in [3.63, 3.8) is 0 Å². The fourth-order valence-electron chi connectivity index (χ4n) is 4.21. The number of piperidine rings is 1. The molecule has 25 heavy (non-hydrogen) atoms. The number of likely N-dealkylation sites (tertiary alicyclic amines) is 2. The Kier molecular flexibility index (Phi) is 5.23. The van der Waals surface area contributed by atoms with E-state index in [0.29, 0.717) is 23.0 Å². The average Bonchev–Trinajstić information content (AvgIpc) is 2.64. The Morgan fingerprint density at radius 2 is 2.00 bits per heavy atom. The third-order valence-corrected chi connectivity index (χ3v) is 5.58. The molecule has 1 aromatic rings. The van der Waals surface area contributed by atoms with Gasteiger partial charge in [-0.05, 0) is 43.4 Å². The first-order valence-corrected chi connectivity index (χ1v) is 9.25. The maximum atomic E-state index is 13.2.